The Bertz CT molecular complexity index is 1330. The Labute approximate surface area is 245 Å². The second-order valence-electron chi connectivity index (χ2n) is 10.9. The molecule has 0 bridgehead atoms. The SMILES string of the molecule is Cc1ccc(S(=O)(=O)N(CC(C)C)[C@H](CO)CCCCNC(=O)N(Cc2ccccc2)Cc2ccccc2N)cc1. The van der Waals surface area contributed by atoms with Gasteiger partial charge in [-0.05, 0) is 55.0 Å². The summed E-state index contributed by atoms with van der Waals surface area (Å²) in [6, 6.07) is 23.4. The van der Waals surface area contributed by atoms with Gasteiger partial charge in [-0.3, -0.25) is 0 Å². The minimum absolute atomic E-state index is 0.0952. The van der Waals surface area contributed by atoms with E-state index in [1.807, 2.05) is 75.4 Å². The lowest BCUT2D eigenvalue weighted by Gasteiger charge is -2.31. The number of carbonyl (C=O) groups is 1. The van der Waals surface area contributed by atoms with Gasteiger partial charge in [0.2, 0.25) is 10.0 Å². The van der Waals surface area contributed by atoms with Crippen molar-refractivity contribution in [3.63, 3.8) is 0 Å². The highest BCUT2D eigenvalue weighted by Gasteiger charge is 2.31. The van der Waals surface area contributed by atoms with E-state index in [9.17, 15) is 18.3 Å². The van der Waals surface area contributed by atoms with Gasteiger partial charge in [-0.1, -0.05) is 86.5 Å². The van der Waals surface area contributed by atoms with Crippen molar-refractivity contribution in [2.45, 2.75) is 64.1 Å². The Morgan fingerprint density at radius 2 is 1.59 bits per heavy atom. The van der Waals surface area contributed by atoms with E-state index in [-0.39, 0.29) is 23.5 Å². The first-order chi connectivity index (χ1) is 19.6. The molecule has 8 nitrogen and oxygen atoms in total. The molecule has 0 aliphatic carbocycles. The zero-order valence-corrected chi connectivity index (χ0v) is 25.2. The first kappa shape index (κ1) is 32.1. The number of rotatable bonds is 15. The number of hydrogen-bond donors (Lipinski definition) is 3. The minimum Gasteiger partial charge on any atom is -0.398 e. The Kier molecular flexibility index (Phi) is 12.2. The van der Waals surface area contributed by atoms with Crippen molar-refractivity contribution in [2.75, 3.05) is 25.4 Å². The molecule has 3 rings (SSSR count). The van der Waals surface area contributed by atoms with E-state index >= 15 is 0 Å². The highest BCUT2D eigenvalue weighted by molar-refractivity contribution is 7.89. The zero-order chi connectivity index (χ0) is 29.8. The van der Waals surface area contributed by atoms with Gasteiger partial charge in [0.1, 0.15) is 0 Å². The zero-order valence-electron chi connectivity index (χ0n) is 24.4. The average Bonchev–Trinajstić information content (AvgIpc) is 2.95. The van der Waals surface area contributed by atoms with E-state index in [0.29, 0.717) is 51.1 Å². The lowest BCUT2D eigenvalue weighted by Crippen LogP contribution is -2.44. The first-order valence-corrected chi connectivity index (χ1v) is 15.6. The predicted molar refractivity (Wildman–Crippen MR) is 165 cm³/mol. The molecule has 1 atom stereocenters. The highest BCUT2D eigenvalue weighted by Crippen LogP contribution is 2.23. The second kappa shape index (κ2) is 15.6. The first-order valence-electron chi connectivity index (χ1n) is 14.2. The smallest absolute Gasteiger partial charge is 0.318 e. The number of unbranched alkanes of at least 4 members (excludes halogenated alkanes) is 1. The molecule has 41 heavy (non-hydrogen) atoms. The van der Waals surface area contributed by atoms with Crippen LogP contribution in [-0.2, 0) is 23.1 Å². The number of anilines is 1. The van der Waals surface area contributed by atoms with Crippen LogP contribution in [0.2, 0.25) is 0 Å². The summed E-state index contributed by atoms with van der Waals surface area (Å²) < 4.78 is 28.4. The van der Waals surface area contributed by atoms with E-state index in [2.05, 4.69) is 5.32 Å². The number of aryl methyl sites for hydroxylation is 1. The van der Waals surface area contributed by atoms with E-state index < -0.39 is 16.1 Å². The molecule has 0 unspecified atom stereocenters. The number of hydrogen-bond acceptors (Lipinski definition) is 5. The standard InChI is InChI=1S/C32H44N4O4S/c1-25(2)21-36(41(39,40)30-18-16-26(3)17-19-30)29(24-37)14-9-10-20-34-32(38)35(22-27-11-5-4-6-12-27)23-28-13-7-8-15-31(28)33/h4-8,11-13,15-19,25,29,37H,9-10,14,20-24,33H2,1-3H3,(H,34,38)/t29-/m0/s1. The molecule has 0 radical (unpaired) electrons. The Hall–Kier alpha value is -3.40. The van der Waals surface area contributed by atoms with E-state index in [1.54, 1.807) is 29.2 Å². The number of nitrogen functional groups attached to an aromatic ring is 1. The summed E-state index contributed by atoms with van der Waals surface area (Å²) in [5.74, 6) is 0.0952. The lowest BCUT2D eigenvalue weighted by atomic mass is 10.1. The number of amides is 2. The lowest BCUT2D eigenvalue weighted by molar-refractivity contribution is 0.167. The van der Waals surface area contributed by atoms with Crippen molar-refractivity contribution in [3.8, 4) is 0 Å². The summed E-state index contributed by atoms with van der Waals surface area (Å²) >= 11 is 0. The van der Waals surface area contributed by atoms with Crippen molar-refractivity contribution in [1.29, 1.82) is 0 Å². The number of para-hydroxylation sites is 1. The molecular weight excluding hydrogens is 536 g/mol. The summed E-state index contributed by atoms with van der Waals surface area (Å²) in [5.41, 5.74) is 9.66. The molecule has 9 heteroatoms. The molecule has 0 saturated carbocycles. The summed E-state index contributed by atoms with van der Waals surface area (Å²) in [7, 11) is -3.77. The molecule has 2 amide bonds. The normalized spacial score (nSPS) is 12.4. The quantitative estimate of drug-likeness (QED) is 0.170. The maximum atomic E-state index is 13.5. The molecule has 0 aromatic heterocycles. The number of nitrogens with two attached hydrogens (primary N) is 1. The topological polar surface area (TPSA) is 116 Å². The molecule has 0 aliphatic rings. The number of urea groups is 1. The van der Waals surface area contributed by atoms with Crippen LogP contribution in [0, 0.1) is 12.8 Å². The summed E-state index contributed by atoms with van der Waals surface area (Å²) in [6.45, 7) is 7.13. The predicted octanol–water partition coefficient (Wildman–Crippen LogP) is 5.17. The fourth-order valence-electron chi connectivity index (χ4n) is 4.67. The number of nitrogens with one attached hydrogen (secondary N) is 1. The molecule has 222 valence electrons. The van der Waals surface area contributed by atoms with Crippen LogP contribution in [0.5, 0.6) is 0 Å². The third-order valence-corrected chi connectivity index (χ3v) is 8.88. The fourth-order valence-corrected chi connectivity index (χ4v) is 6.48. The van der Waals surface area contributed by atoms with Gasteiger partial charge < -0.3 is 21.1 Å². The largest absolute Gasteiger partial charge is 0.398 e. The molecule has 0 saturated heterocycles. The number of aliphatic hydroxyl groups excluding tert-OH is 1. The van der Waals surface area contributed by atoms with Gasteiger partial charge in [-0.2, -0.15) is 4.31 Å². The summed E-state index contributed by atoms with van der Waals surface area (Å²) in [6.07, 6.45) is 1.78. The van der Waals surface area contributed by atoms with Crippen molar-refractivity contribution >= 4 is 21.7 Å². The molecule has 3 aromatic rings. The number of aliphatic hydroxyl groups is 1. The Balaban J connectivity index is 1.60. The second-order valence-corrected chi connectivity index (χ2v) is 12.8. The van der Waals surface area contributed by atoms with Crippen molar-refractivity contribution in [3.05, 3.63) is 95.6 Å². The van der Waals surface area contributed by atoms with Crippen molar-refractivity contribution in [2.24, 2.45) is 5.92 Å². The molecule has 0 heterocycles. The third-order valence-electron chi connectivity index (χ3n) is 6.95. The third kappa shape index (κ3) is 9.59. The van der Waals surface area contributed by atoms with E-state index in [1.165, 1.54) is 4.31 Å². The number of carbonyl (C=O) groups excluding carboxylic acids is 1. The van der Waals surface area contributed by atoms with E-state index in [4.69, 9.17) is 5.73 Å². The van der Waals surface area contributed by atoms with Crippen LogP contribution < -0.4 is 11.1 Å². The van der Waals surface area contributed by atoms with Gasteiger partial charge >= 0.3 is 6.03 Å². The van der Waals surface area contributed by atoms with Gasteiger partial charge in [0, 0.05) is 37.9 Å². The van der Waals surface area contributed by atoms with E-state index in [0.717, 1.165) is 16.7 Å². The van der Waals surface area contributed by atoms with Crippen LogP contribution in [0.15, 0.2) is 83.8 Å². The number of nitrogens with zero attached hydrogens (tertiary/aromatic N) is 2. The van der Waals surface area contributed by atoms with Crippen molar-refractivity contribution < 1.29 is 18.3 Å². The Morgan fingerprint density at radius 3 is 2.22 bits per heavy atom. The van der Waals surface area contributed by atoms with Gasteiger partial charge in [0.15, 0.2) is 0 Å². The molecular formula is C32H44N4O4S. The highest BCUT2D eigenvalue weighted by atomic mass is 32.2. The van der Waals surface area contributed by atoms with Gasteiger partial charge in [-0.25, -0.2) is 13.2 Å². The van der Waals surface area contributed by atoms with Crippen molar-refractivity contribution in [1.82, 2.24) is 14.5 Å². The van der Waals surface area contributed by atoms with Crippen LogP contribution in [0.4, 0.5) is 10.5 Å². The molecule has 0 fully saturated rings. The van der Waals surface area contributed by atoms with Crippen LogP contribution in [-0.4, -0.2) is 54.5 Å². The van der Waals surface area contributed by atoms with Crippen LogP contribution >= 0.6 is 0 Å². The fraction of sp³-hybridized carbons (Fsp3) is 0.406. The van der Waals surface area contributed by atoms with Gasteiger partial charge in [-0.15, -0.1) is 0 Å². The number of sulfonamides is 1. The molecule has 0 spiro atoms. The van der Waals surface area contributed by atoms with Gasteiger partial charge in [0.05, 0.1) is 11.5 Å². The molecule has 4 N–H and O–H groups in total. The monoisotopic (exact) mass is 580 g/mol. The summed E-state index contributed by atoms with van der Waals surface area (Å²) in [5, 5.41) is 13.2. The van der Waals surface area contributed by atoms with Crippen LogP contribution in [0.3, 0.4) is 0 Å². The summed E-state index contributed by atoms with van der Waals surface area (Å²) in [4.78, 5) is 15.2. The molecule has 3 aromatic carbocycles. The number of benzene rings is 3. The van der Waals surface area contributed by atoms with Crippen LogP contribution in [0.25, 0.3) is 0 Å². The van der Waals surface area contributed by atoms with Gasteiger partial charge in [0.25, 0.3) is 0 Å². The maximum Gasteiger partial charge on any atom is 0.318 e. The average molecular weight is 581 g/mol. The van der Waals surface area contributed by atoms with Crippen LogP contribution in [0.1, 0.15) is 49.8 Å². The minimum atomic E-state index is -3.77. The molecule has 0 aliphatic heterocycles. The Morgan fingerprint density at radius 1 is 0.927 bits per heavy atom. The maximum absolute atomic E-state index is 13.5.